The molecule has 8 heteroatoms. The molecule has 1 N–H and O–H groups in total. The third-order valence-corrected chi connectivity index (χ3v) is 6.86. The molecule has 1 saturated heterocycles. The number of methoxy groups -OCH3 is 2. The van der Waals surface area contributed by atoms with E-state index in [-0.39, 0.29) is 29.9 Å². The highest BCUT2D eigenvalue weighted by Gasteiger charge is 2.39. The second-order valence-electron chi connectivity index (χ2n) is 8.95. The molecule has 1 unspecified atom stereocenters. The van der Waals surface area contributed by atoms with E-state index in [0.717, 1.165) is 30.5 Å². The zero-order valence-corrected chi connectivity index (χ0v) is 20.3. The van der Waals surface area contributed by atoms with E-state index < -0.39 is 0 Å². The molecule has 0 saturated carbocycles. The van der Waals surface area contributed by atoms with Gasteiger partial charge in [-0.2, -0.15) is 0 Å². The molecule has 1 aromatic heterocycles. The van der Waals surface area contributed by atoms with E-state index >= 15 is 0 Å². The topological polar surface area (TPSA) is 82.0 Å². The van der Waals surface area contributed by atoms with Crippen LogP contribution in [0.4, 0.5) is 0 Å². The maximum absolute atomic E-state index is 13.8. The van der Waals surface area contributed by atoms with Crippen LogP contribution in [0.5, 0.6) is 0 Å². The van der Waals surface area contributed by atoms with Gasteiger partial charge in [0.2, 0.25) is 0 Å². The molecule has 8 nitrogen and oxygen atoms in total. The molecule has 2 aromatic rings. The highest BCUT2D eigenvalue weighted by atomic mass is 16.5. The molecule has 184 valence electrons. The number of aromatic nitrogens is 1. The van der Waals surface area contributed by atoms with Crippen molar-refractivity contribution in [1.29, 1.82) is 0 Å². The summed E-state index contributed by atoms with van der Waals surface area (Å²) in [5, 5.41) is 3.16. The Kier molecular flexibility index (Phi) is 8.03. The second kappa shape index (κ2) is 11.2. The Balaban J connectivity index is 1.64. The van der Waals surface area contributed by atoms with Crippen LogP contribution in [-0.2, 0) is 27.4 Å². The van der Waals surface area contributed by atoms with E-state index in [0.29, 0.717) is 44.2 Å². The van der Waals surface area contributed by atoms with Gasteiger partial charge in [-0.3, -0.25) is 9.59 Å². The molecule has 1 aromatic carbocycles. The molecular formula is C26H35N3O5. The Morgan fingerprint density at radius 2 is 1.79 bits per heavy atom. The number of carbonyl (C=O) groups excluding carboxylic acids is 2. The molecule has 2 aliphatic heterocycles. The fourth-order valence-electron chi connectivity index (χ4n) is 5.18. The SMILES string of the molecule is CC[C@@H](NC(=O)c1cc(C(=O)N2C(COC)CC[C@@H]2COC)n2c1COCC2)c1ccccc1. The highest BCUT2D eigenvalue weighted by Crippen LogP contribution is 2.30. The molecule has 34 heavy (non-hydrogen) atoms. The van der Waals surface area contributed by atoms with Crippen LogP contribution in [0, 0.1) is 0 Å². The summed E-state index contributed by atoms with van der Waals surface area (Å²) in [7, 11) is 3.31. The number of hydrogen-bond donors (Lipinski definition) is 1. The van der Waals surface area contributed by atoms with Crippen molar-refractivity contribution in [3.05, 3.63) is 58.9 Å². The smallest absolute Gasteiger partial charge is 0.271 e. The molecule has 0 radical (unpaired) electrons. The molecule has 2 aliphatic rings. The molecule has 4 rings (SSSR count). The quantitative estimate of drug-likeness (QED) is 0.610. The minimum atomic E-state index is -0.188. The van der Waals surface area contributed by atoms with Gasteiger partial charge in [-0.15, -0.1) is 0 Å². The number of amides is 2. The molecule has 2 amide bonds. The summed E-state index contributed by atoms with van der Waals surface area (Å²) < 4.78 is 18.4. The lowest BCUT2D eigenvalue weighted by molar-refractivity contribution is 0.0397. The van der Waals surface area contributed by atoms with Crippen molar-refractivity contribution in [3.8, 4) is 0 Å². The summed E-state index contributed by atoms with van der Waals surface area (Å²) in [6.07, 6.45) is 2.50. The second-order valence-corrected chi connectivity index (χ2v) is 8.95. The molecule has 0 spiro atoms. The maximum atomic E-state index is 13.8. The van der Waals surface area contributed by atoms with Crippen molar-refractivity contribution in [2.75, 3.05) is 34.0 Å². The van der Waals surface area contributed by atoms with Gasteiger partial charge in [0.1, 0.15) is 5.69 Å². The van der Waals surface area contributed by atoms with Crippen molar-refractivity contribution < 1.29 is 23.8 Å². The lowest BCUT2D eigenvalue weighted by Crippen LogP contribution is -2.45. The van der Waals surface area contributed by atoms with Gasteiger partial charge >= 0.3 is 0 Å². The normalized spacial score (nSPS) is 20.7. The Bertz CT molecular complexity index is 976. The fraction of sp³-hybridized carbons (Fsp3) is 0.538. The predicted molar refractivity (Wildman–Crippen MR) is 128 cm³/mol. The Hall–Kier alpha value is -2.68. The first-order chi connectivity index (χ1) is 16.6. The summed E-state index contributed by atoms with van der Waals surface area (Å²) in [4.78, 5) is 29.1. The number of ether oxygens (including phenoxy) is 3. The summed E-state index contributed by atoms with van der Waals surface area (Å²) in [6, 6.07) is 11.5. The standard InChI is InChI=1S/C26H35N3O5/c1-4-22(18-8-6-5-7-9-18)27-25(30)21-14-23(28-12-13-34-17-24(21)28)26(31)29-19(15-32-2)10-11-20(29)16-33-3/h5-9,14,19-20,22H,4,10-13,15-17H2,1-3H3,(H,27,30)/t19-,20?,22-/m1/s1. The van der Waals surface area contributed by atoms with E-state index in [2.05, 4.69) is 5.32 Å². The average molecular weight is 470 g/mol. The predicted octanol–water partition coefficient (Wildman–Crippen LogP) is 3.17. The summed E-state index contributed by atoms with van der Waals surface area (Å²) in [5.74, 6) is -0.272. The van der Waals surface area contributed by atoms with Gasteiger partial charge in [0.15, 0.2) is 0 Å². The van der Waals surface area contributed by atoms with Crippen molar-refractivity contribution in [1.82, 2.24) is 14.8 Å². The Labute approximate surface area is 201 Å². The first-order valence-corrected chi connectivity index (χ1v) is 12.1. The number of nitrogens with zero attached hydrogens (tertiary/aromatic N) is 2. The van der Waals surface area contributed by atoms with Crippen LogP contribution >= 0.6 is 0 Å². The Morgan fingerprint density at radius 3 is 2.41 bits per heavy atom. The average Bonchev–Trinajstić information content (AvgIpc) is 3.45. The molecule has 3 heterocycles. The van der Waals surface area contributed by atoms with E-state index in [1.807, 2.05) is 46.7 Å². The Morgan fingerprint density at radius 1 is 1.12 bits per heavy atom. The summed E-state index contributed by atoms with van der Waals surface area (Å²) in [6.45, 7) is 4.35. The summed E-state index contributed by atoms with van der Waals surface area (Å²) in [5.41, 5.74) is 2.84. The maximum Gasteiger partial charge on any atom is 0.271 e. The molecule has 0 bridgehead atoms. The van der Waals surface area contributed by atoms with E-state index in [1.165, 1.54) is 0 Å². The molecule has 0 aliphatic carbocycles. The van der Waals surface area contributed by atoms with Crippen molar-refractivity contribution >= 4 is 11.8 Å². The highest BCUT2D eigenvalue weighted by molar-refractivity contribution is 6.01. The van der Waals surface area contributed by atoms with Crippen LogP contribution in [0.25, 0.3) is 0 Å². The largest absolute Gasteiger partial charge is 0.383 e. The van der Waals surface area contributed by atoms with Crippen molar-refractivity contribution in [2.45, 2.75) is 57.5 Å². The number of carbonyl (C=O) groups is 2. The number of nitrogens with one attached hydrogen (secondary N) is 1. The first kappa shape index (κ1) is 24.4. The monoisotopic (exact) mass is 469 g/mol. The lowest BCUT2D eigenvalue weighted by atomic mass is 10.0. The van der Waals surface area contributed by atoms with Gasteiger partial charge in [0.25, 0.3) is 11.8 Å². The summed E-state index contributed by atoms with van der Waals surface area (Å²) >= 11 is 0. The van der Waals surface area contributed by atoms with Gasteiger partial charge in [-0.05, 0) is 30.9 Å². The third kappa shape index (κ3) is 4.89. The van der Waals surface area contributed by atoms with Gasteiger partial charge in [0.05, 0.1) is 55.8 Å². The lowest BCUT2D eigenvalue weighted by Gasteiger charge is -2.30. The van der Waals surface area contributed by atoms with Crippen molar-refractivity contribution in [3.63, 3.8) is 0 Å². The number of benzene rings is 1. The van der Waals surface area contributed by atoms with Crippen LogP contribution in [0.1, 0.15) is 64.3 Å². The van der Waals surface area contributed by atoms with E-state index in [9.17, 15) is 9.59 Å². The third-order valence-electron chi connectivity index (χ3n) is 6.86. The van der Waals surface area contributed by atoms with E-state index in [4.69, 9.17) is 14.2 Å². The molecule has 1 fully saturated rings. The zero-order valence-electron chi connectivity index (χ0n) is 20.3. The number of fused-ring (bicyclic) bond motifs is 1. The van der Waals surface area contributed by atoms with Crippen LogP contribution in [-0.4, -0.2) is 67.4 Å². The van der Waals surface area contributed by atoms with Gasteiger partial charge in [-0.25, -0.2) is 0 Å². The van der Waals surface area contributed by atoms with Crippen LogP contribution in [0.2, 0.25) is 0 Å². The van der Waals surface area contributed by atoms with Gasteiger partial charge < -0.3 is 29.0 Å². The van der Waals surface area contributed by atoms with Crippen LogP contribution in [0.15, 0.2) is 36.4 Å². The minimum Gasteiger partial charge on any atom is -0.383 e. The fourth-order valence-corrected chi connectivity index (χ4v) is 5.18. The van der Waals surface area contributed by atoms with Gasteiger partial charge in [-0.1, -0.05) is 37.3 Å². The minimum absolute atomic E-state index is 0.0107. The molecule has 3 atom stereocenters. The van der Waals surface area contributed by atoms with Crippen molar-refractivity contribution in [2.24, 2.45) is 0 Å². The number of likely N-dealkylation sites (tertiary alicyclic amines) is 1. The van der Waals surface area contributed by atoms with Crippen LogP contribution in [0.3, 0.4) is 0 Å². The van der Waals surface area contributed by atoms with Gasteiger partial charge in [0, 0.05) is 20.8 Å². The first-order valence-electron chi connectivity index (χ1n) is 12.1. The number of hydrogen-bond acceptors (Lipinski definition) is 5. The molecular weight excluding hydrogens is 434 g/mol. The number of rotatable bonds is 9. The van der Waals surface area contributed by atoms with E-state index in [1.54, 1.807) is 20.3 Å². The van der Waals surface area contributed by atoms with Crippen LogP contribution < -0.4 is 5.32 Å². The zero-order chi connectivity index (χ0) is 24.1.